The zero-order valence-corrected chi connectivity index (χ0v) is 14.9. The van der Waals surface area contributed by atoms with Crippen LogP contribution < -0.4 is 10.1 Å². The molecule has 1 heterocycles. The molecule has 1 N–H and O–H groups in total. The summed E-state index contributed by atoms with van der Waals surface area (Å²) in [5, 5.41) is 2.33. The first-order valence-corrected chi connectivity index (χ1v) is 8.39. The fourth-order valence-corrected chi connectivity index (χ4v) is 2.64. The van der Waals surface area contributed by atoms with Gasteiger partial charge < -0.3 is 19.7 Å². The van der Waals surface area contributed by atoms with Gasteiger partial charge in [0.05, 0.1) is 6.61 Å². The van der Waals surface area contributed by atoms with Gasteiger partial charge in [-0.15, -0.1) is 0 Å². The Hall–Kier alpha value is -2.31. The number of nitrogens with zero attached hydrogens (tertiary/aromatic N) is 1. The van der Waals surface area contributed by atoms with E-state index in [1.165, 1.54) is 12.1 Å². The van der Waals surface area contributed by atoms with Crippen molar-refractivity contribution in [1.29, 1.82) is 0 Å². The summed E-state index contributed by atoms with van der Waals surface area (Å²) < 4.78 is 24.8. The van der Waals surface area contributed by atoms with Crippen molar-refractivity contribution in [2.45, 2.75) is 39.2 Å². The van der Waals surface area contributed by atoms with Crippen LogP contribution in [0.3, 0.4) is 0 Å². The van der Waals surface area contributed by atoms with Crippen LogP contribution in [0, 0.1) is 11.7 Å². The van der Waals surface area contributed by atoms with Gasteiger partial charge in [0.25, 0.3) is 0 Å². The molecule has 0 aliphatic carbocycles. The highest BCUT2D eigenvalue weighted by molar-refractivity contribution is 5.75. The van der Waals surface area contributed by atoms with Gasteiger partial charge in [-0.3, -0.25) is 4.79 Å². The molecule has 1 saturated heterocycles. The highest BCUT2D eigenvalue weighted by atomic mass is 19.1. The quantitative estimate of drug-likeness (QED) is 0.825. The number of para-hydroxylation sites is 1. The van der Waals surface area contributed by atoms with Gasteiger partial charge in [0, 0.05) is 13.1 Å². The molecule has 6 nitrogen and oxygen atoms in total. The molecule has 1 aromatic carbocycles. The molecule has 2 rings (SSSR count). The Balaban J connectivity index is 1.84. The Labute approximate surface area is 147 Å². The number of hydrogen-bond donors (Lipinski definition) is 1. The molecule has 0 radical (unpaired) electrons. The first kappa shape index (κ1) is 19.0. The van der Waals surface area contributed by atoms with Gasteiger partial charge in [-0.05, 0) is 51.7 Å². The average Bonchev–Trinajstić information content (AvgIpc) is 2.54. The Morgan fingerprint density at radius 3 is 2.64 bits per heavy atom. The lowest BCUT2D eigenvalue weighted by Crippen LogP contribution is -2.42. The van der Waals surface area contributed by atoms with Crippen molar-refractivity contribution in [3.63, 3.8) is 0 Å². The van der Waals surface area contributed by atoms with E-state index in [0.717, 1.165) is 12.8 Å². The predicted octanol–water partition coefficient (Wildman–Crippen LogP) is 3.42. The van der Waals surface area contributed by atoms with E-state index in [-0.39, 0.29) is 17.7 Å². The van der Waals surface area contributed by atoms with Crippen LogP contribution in [0.1, 0.15) is 33.6 Å². The molecule has 25 heavy (non-hydrogen) atoms. The number of amides is 2. The van der Waals surface area contributed by atoms with Crippen LogP contribution in [0.25, 0.3) is 0 Å². The normalized spacial score (nSPS) is 15.6. The molecule has 7 heteroatoms. The Kier molecular flexibility index (Phi) is 6.22. The molecule has 1 aliphatic heterocycles. The van der Waals surface area contributed by atoms with Gasteiger partial charge >= 0.3 is 6.09 Å². The Morgan fingerprint density at radius 1 is 1.36 bits per heavy atom. The highest BCUT2D eigenvalue weighted by Crippen LogP contribution is 2.28. The summed E-state index contributed by atoms with van der Waals surface area (Å²) in [5.41, 5.74) is -0.458. The van der Waals surface area contributed by atoms with Crippen molar-refractivity contribution in [3.05, 3.63) is 24.0 Å². The van der Waals surface area contributed by atoms with Gasteiger partial charge in [0.1, 0.15) is 17.0 Å². The average molecular weight is 352 g/mol. The fraction of sp³-hybridized carbons (Fsp3) is 0.556. The van der Waals surface area contributed by atoms with Crippen LogP contribution in [0.5, 0.6) is 5.75 Å². The Bertz CT molecular complexity index is 608. The van der Waals surface area contributed by atoms with E-state index in [1.54, 1.807) is 11.0 Å². The van der Waals surface area contributed by atoms with Crippen molar-refractivity contribution in [1.82, 2.24) is 4.90 Å². The number of piperidine rings is 1. The molecule has 2 amide bonds. The second-order valence-electron chi connectivity index (χ2n) is 7.10. The molecule has 0 spiro atoms. The maximum absolute atomic E-state index is 13.7. The number of ether oxygens (including phenoxy) is 2. The third kappa shape index (κ3) is 5.62. The first-order valence-electron chi connectivity index (χ1n) is 8.39. The number of anilines is 1. The van der Waals surface area contributed by atoms with Gasteiger partial charge in [-0.25, -0.2) is 9.18 Å². The van der Waals surface area contributed by atoms with Crippen LogP contribution in [-0.2, 0) is 9.53 Å². The largest absolute Gasteiger partial charge is 0.491 e. The number of halogens is 1. The standard InChI is InChI=1S/C18H25FN2O4/c1-18(2,3)25-17(23)21-9-7-13(8-10-21)11-24-15-6-4-5-14(19)16(15)20-12-22/h4-6,12-13H,7-11H2,1-3H3,(H,20,22). The lowest BCUT2D eigenvalue weighted by Gasteiger charge is -2.33. The molecule has 0 atom stereocenters. The van der Waals surface area contributed by atoms with Crippen molar-refractivity contribution in [2.75, 3.05) is 25.0 Å². The minimum atomic E-state index is -0.538. The van der Waals surface area contributed by atoms with Crippen LogP contribution in [0.15, 0.2) is 18.2 Å². The third-order valence-corrected chi connectivity index (χ3v) is 3.92. The van der Waals surface area contributed by atoms with Gasteiger partial charge in [0.2, 0.25) is 6.41 Å². The molecule has 138 valence electrons. The van der Waals surface area contributed by atoms with E-state index < -0.39 is 11.4 Å². The number of carbonyl (C=O) groups is 2. The predicted molar refractivity (Wildman–Crippen MR) is 92.1 cm³/mol. The number of nitrogens with one attached hydrogen (secondary N) is 1. The van der Waals surface area contributed by atoms with Gasteiger partial charge in [0.15, 0.2) is 5.82 Å². The van der Waals surface area contributed by atoms with Crippen LogP contribution in [0.4, 0.5) is 14.9 Å². The van der Waals surface area contributed by atoms with Crippen molar-refractivity contribution in [2.24, 2.45) is 5.92 Å². The number of benzene rings is 1. The van der Waals surface area contributed by atoms with Crippen molar-refractivity contribution < 1.29 is 23.5 Å². The minimum Gasteiger partial charge on any atom is -0.491 e. The van der Waals surface area contributed by atoms with E-state index in [9.17, 15) is 14.0 Å². The van der Waals surface area contributed by atoms with E-state index in [2.05, 4.69) is 5.32 Å². The van der Waals surface area contributed by atoms with Gasteiger partial charge in [-0.2, -0.15) is 0 Å². The minimum absolute atomic E-state index is 0.0451. The summed E-state index contributed by atoms with van der Waals surface area (Å²) in [7, 11) is 0. The fourth-order valence-electron chi connectivity index (χ4n) is 2.64. The molecular formula is C18H25FN2O4. The number of hydrogen-bond acceptors (Lipinski definition) is 4. The summed E-state index contributed by atoms with van der Waals surface area (Å²) in [6, 6.07) is 4.41. The molecule has 1 aliphatic rings. The molecule has 0 aromatic heterocycles. The zero-order chi connectivity index (χ0) is 18.4. The SMILES string of the molecule is CC(C)(C)OC(=O)N1CCC(COc2cccc(F)c2NC=O)CC1. The summed E-state index contributed by atoms with van der Waals surface area (Å²) in [6.07, 6.45) is 1.69. The molecule has 0 unspecified atom stereocenters. The molecular weight excluding hydrogens is 327 g/mol. The summed E-state index contributed by atoms with van der Waals surface area (Å²) in [5.74, 6) is 0.0250. The number of likely N-dealkylation sites (tertiary alicyclic amines) is 1. The molecule has 1 fully saturated rings. The van der Waals surface area contributed by atoms with E-state index in [4.69, 9.17) is 9.47 Å². The monoisotopic (exact) mass is 352 g/mol. The van der Waals surface area contributed by atoms with E-state index in [0.29, 0.717) is 31.9 Å². The van der Waals surface area contributed by atoms with Gasteiger partial charge in [-0.1, -0.05) is 6.07 Å². The number of carbonyl (C=O) groups excluding carboxylic acids is 2. The first-order chi connectivity index (χ1) is 11.8. The smallest absolute Gasteiger partial charge is 0.410 e. The van der Waals surface area contributed by atoms with E-state index >= 15 is 0 Å². The molecule has 0 saturated carbocycles. The van der Waals surface area contributed by atoms with E-state index in [1.807, 2.05) is 20.8 Å². The summed E-state index contributed by atoms with van der Waals surface area (Å²) in [4.78, 5) is 24.3. The van der Waals surface area contributed by atoms with Crippen LogP contribution in [0.2, 0.25) is 0 Å². The summed E-state index contributed by atoms with van der Waals surface area (Å²) >= 11 is 0. The molecule has 0 bridgehead atoms. The second kappa shape index (κ2) is 8.18. The van der Waals surface area contributed by atoms with Crippen LogP contribution in [-0.4, -0.2) is 42.7 Å². The van der Waals surface area contributed by atoms with Crippen LogP contribution >= 0.6 is 0 Å². The maximum Gasteiger partial charge on any atom is 0.410 e. The third-order valence-electron chi connectivity index (χ3n) is 3.92. The lowest BCUT2D eigenvalue weighted by atomic mass is 9.98. The van der Waals surface area contributed by atoms with Crippen molar-refractivity contribution >= 4 is 18.2 Å². The lowest BCUT2D eigenvalue weighted by molar-refractivity contribution is -0.105. The maximum atomic E-state index is 13.7. The topological polar surface area (TPSA) is 67.9 Å². The number of rotatable bonds is 5. The summed E-state index contributed by atoms with van der Waals surface area (Å²) in [6.45, 7) is 7.14. The highest BCUT2D eigenvalue weighted by Gasteiger charge is 2.27. The second-order valence-corrected chi connectivity index (χ2v) is 7.10. The zero-order valence-electron chi connectivity index (χ0n) is 14.9. The van der Waals surface area contributed by atoms with Crippen molar-refractivity contribution in [3.8, 4) is 5.75 Å². The molecule has 1 aromatic rings. The Morgan fingerprint density at radius 2 is 2.04 bits per heavy atom.